The van der Waals surface area contributed by atoms with Crippen LogP contribution in [0.4, 0.5) is 11.5 Å². The minimum atomic E-state index is -1.23. The zero-order chi connectivity index (χ0) is 26.1. The summed E-state index contributed by atoms with van der Waals surface area (Å²) in [5.74, 6) is 0.842. The number of rotatable bonds is 7. The number of nitrogens with zero attached hydrogens (tertiary/aromatic N) is 3. The van der Waals surface area contributed by atoms with Crippen LogP contribution in [0.1, 0.15) is 12.5 Å². The number of carbonyl (C=O) groups is 1. The van der Waals surface area contributed by atoms with Gasteiger partial charge in [-0.15, -0.1) is 0 Å². The van der Waals surface area contributed by atoms with Crippen LogP contribution in [0.25, 0.3) is 22.0 Å². The molecule has 0 fully saturated rings. The molecule has 5 rings (SSSR count). The average molecular weight is 521 g/mol. The van der Waals surface area contributed by atoms with Crippen molar-refractivity contribution in [3.05, 3.63) is 65.2 Å². The molecule has 0 unspecified atom stereocenters. The van der Waals surface area contributed by atoms with E-state index in [-0.39, 0.29) is 0 Å². The van der Waals surface area contributed by atoms with Gasteiger partial charge in [0.15, 0.2) is 23.4 Å². The lowest BCUT2D eigenvalue weighted by Crippen LogP contribution is -2.29. The van der Waals surface area contributed by atoms with E-state index in [0.29, 0.717) is 46.8 Å². The Kier molecular flexibility index (Phi) is 6.73. The van der Waals surface area contributed by atoms with Gasteiger partial charge in [0.05, 0.1) is 22.3 Å². The van der Waals surface area contributed by atoms with Gasteiger partial charge < -0.3 is 25.0 Å². The lowest BCUT2D eigenvalue weighted by Gasteiger charge is -2.19. The molecule has 0 spiro atoms. The zero-order valence-corrected chi connectivity index (χ0v) is 20.9. The normalized spacial score (nSPS) is 14.6. The molecule has 190 valence electrons. The minimum absolute atomic E-state index is 0.507. The predicted molar refractivity (Wildman–Crippen MR) is 143 cm³/mol. The molecule has 10 heteroatoms. The van der Waals surface area contributed by atoms with E-state index in [1.807, 2.05) is 61.6 Å². The molecule has 1 aromatic heterocycles. The number of hydrogen-bond donors (Lipinski definition) is 3. The van der Waals surface area contributed by atoms with Crippen LogP contribution in [0.5, 0.6) is 11.5 Å². The number of aromatic nitrogens is 2. The first kappa shape index (κ1) is 24.6. The Morgan fingerprint density at radius 1 is 1.16 bits per heavy atom. The molecular weight excluding hydrogens is 496 g/mol. The van der Waals surface area contributed by atoms with Crippen molar-refractivity contribution in [2.75, 3.05) is 18.5 Å². The number of aliphatic carboxylic acids is 1. The van der Waals surface area contributed by atoms with Crippen molar-refractivity contribution in [2.24, 2.45) is 12.0 Å². The van der Waals surface area contributed by atoms with Crippen molar-refractivity contribution in [1.29, 1.82) is 0 Å². The van der Waals surface area contributed by atoms with Crippen LogP contribution in [0, 0.1) is 0 Å². The van der Waals surface area contributed by atoms with E-state index in [1.54, 1.807) is 4.68 Å². The van der Waals surface area contributed by atoms with Gasteiger partial charge in [-0.05, 0) is 48.4 Å². The topological polar surface area (TPSA) is 118 Å². The largest absolute Gasteiger partial charge is 0.486 e. The van der Waals surface area contributed by atoms with Crippen LogP contribution in [-0.2, 0) is 11.8 Å². The standard InChI is InChI=1S/C27H25ClN4O5/c1-15(33)25(27(34)35)29-14-16-6-8-19-21(12-16)32(2)31-26(19)30-20-5-3-4-18(24(20)28)17-7-9-22-23(13-17)37-11-10-36-22/h3-9,12-15,25,33H,10-11H2,1-2H3,(H,30,31)(H,34,35)/t15-,25+/m1/s1. The van der Waals surface area contributed by atoms with Crippen LogP contribution in [0.15, 0.2) is 59.6 Å². The molecule has 0 saturated carbocycles. The number of hydrogen-bond acceptors (Lipinski definition) is 7. The van der Waals surface area contributed by atoms with Gasteiger partial charge in [-0.3, -0.25) is 9.67 Å². The number of carboxylic acid groups (broad SMARTS) is 1. The number of aliphatic imine (C=N–C) groups is 1. The molecule has 37 heavy (non-hydrogen) atoms. The van der Waals surface area contributed by atoms with E-state index < -0.39 is 18.1 Å². The molecule has 1 aliphatic heterocycles. The van der Waals surface area contributed by atoms with Gasteiger partial charge in [0, 0.05) is 24.2 Å². The van der Waals surface area contributed by atoms with E-state index >= 15 is 0 Å². The number of benzene rings is 3. The summed E-state index contributed by atoms with van der Waals surface area (Å²) in [5.41, 5.74) is 3.95. The maximum Gasteiger partial charge on any atom is 0.331 e. The Hall–Kier alpha value is -4.08. The third kappa shape index (κ3) is 4.96. The number of halogens is 1. The van der Waals surface area contributed by atoms with Crippen LogP contribution >= 0.6 is 11.6 Å². The molecule has 1 aliphatic rings. The van der Waals surface area contributed by atoms with E-state index in [0.717, 1.165) is 22.0 Å². The number of nitrogens with one attached hydrogen (secondary N) is 1. The van der Waals surface area contributed by atoms with Gasteiger partial charge in [-0.25, -0.2) is 4.79 Å². The van der Waals surface area contributed by atoms with Gasteiger partial charge in [0.2, 0.25) is 0 Å². The number of aryl methyl sites for hydroxylation is 1. The highest BCUT2D eigenvalue weighted by Gasteiger charge is 2.21. The number of anilines is 2. The maximum absolute atomic E-state index is 11.3. The molecule has 2 heterocycles. The minimum Gasteiger partial charge on any atom is -0.486 e. The monoisotopic (exact) mass is 520 g/mol. The second kappa shape index (κ2) is 10.1. The van der Waals surface area contributed by atoms with Crippen LogP contribution in [-0.4, -0.2) is 57.5 Å². The van der Waals surface area contributed by atoms with Crippen molar-refractivity contribution < 1.29 is 24.5 Å². The summed E-state index contributed by atoms with van der Waals surface area (Å²) in [7, 11) is 1.82. The van der Waals surface area contributed by atoms with E-state index in [9.17, 15) is 15.0 Å². The Balaban J connectivity index is 1.44. The summed E-state index contributed by atoms with van der Waals surface area (Å²) in [6.07, 6.45) is 0.339. The fraction of sp³-hybridized carbons (Fsp3) is 0.222. The summed E-state index contributed by atoms with van der Waals surface area (Å²) in [6, 6.07) is 15.8. The first-order chi connectivity index (χ1) is 17.8. The van der Waals surface area contributed by atoms with Crippen molar-refractivity contribution in [2.45, 2.75) is 19.1 Å². The Labute approximate surface area is 217 Å². The quantitative estimate of drug-likeness (QED) is 0.303. The van der Waals surface area contributed by atoms with Gasteiger partial charge >= 0.3 is 5.97 Å². The molecule has 0 radical (unpaired) electrons. The van der Waals surface area contributed by atoms with Crippen molar-refractivity contribution in [3.63, 3.8) is 0 Å². The number of carboxylic acids is 1. The van der Waals surface area contributed by atoms with Crippen molar-refractivity contribution in [1.82, 2.24) is 9.78 Å². The third-order valence-electron chi connectivity index (χ3n) is 6.07. The molecule has 0 amide bonds. The summed E-state index contributed by atoms with van der Waals surface area (Å²) in [5, 5.41) is 28.2. The summed E-state index contributed by atoms with van der Waals surface area (Å²) in [4.78, 5) is 15.3. The van der Waals surface area contributed by atoms with Crippen LogP contribution < -0.4 is 14.8 Å². The van der Waals surface area contributed by atoms with Gasteiger partial charge in [-0.1, -0.05) is 35.9 Å². The molecule has 9 nitrogen and oxygen atoms in total. The average Bonchev–Trinajstić information content (AvgIpc) is 3.19. The first-order valence-corrected chi connectivity index (χ1v) is 12.1. The van der Waals surface area contributed by atoms with Gasteiger partial charge in [-0.2, -0.15) is 5.10 Å². The van der Waals surface area contributed by atoms with Crippen LogP contribution in [0.3, 0.4) is 0 Å². The van der Waals surface area contributed by atoms with Gasteiger partial charge in [0.1, 0.15) is 13.2 Å². The molecule has 2 atom stereocenters. The highest BCUT2D eigenvalue weighted by Crippen LogP contribution is 2.40. The fourth-order valence-corrected chi connectivity index (χ4v) is 4.48. The smallest absolute Gasteiger partial charge is 0.331 e. The lowest BCUT2D eigenvalue weighted by molar-refractivity contribution is -0.140. The summed E-state index contributed by atoms with van der Waals surface area (Å²) in [6.45, 7) is 2.43. The van der Waals surface area contributed by atoms with E-state index in [4.69, 9.17) is 21.1 Å². The fourth-order valence-electron chi connectivity index (χ4n) is 4.20. The highest BCUT2D eigenvalue weighted by atomic mass is 35.5. The second-order valence-electron chi connectivity index (χ2n) is 8.70. The number of ether oxygens (including phenoxy) is 2. The number of fused-ring (bicyclic) bond motifs is 2. The van der Waals surface area contributed by atoms with E-state index in [1.165, 1.54) is 13.1 Å². The van der Waals surface area contributed by atoms with Crippen molar-refractivity contribution in [3.8, 4) is 22.6 Å². The Morgan fingerprint density at radius 3 is 2.70 bits per heavy atom. The Bertz CT molecular complexity index is 1510. The van der Waals surface area contributed by atoms with E-state index in [2.05, 4.69) is 15.4 Å². The zero-order valence-electron chi connectivity index (χ0n) is 20.2. The van der Waals surface area contributed by atoms with Crippen LogP contribution in [0.2, 0.25) is 5.02 Å². The molecule has 0 aliphatic carbocycles. The van der Waals surface area contributed by atoms with Gasteiger partial charge in [0.25, 0.3) is 0 Å². The molecule has 3 N–H and O–H groups in total. The SMILES string of the molecule is C[C@@H](O)[C@H](N=Cc1ccc2c(Nc3cccc(-c4ccc5c(c4)OCCO5)c3Cl)nn(C)c2c1)C(=O)O. The lowest BCUT2D eigenvalue weighted by atomic mass is 10.0. The van der Waals surface area contributed by atoms with Crippen molar-refractivity contribution >= 4 is 46.2 Å². The molecule has 0 bridgehead atoms. The highest BCUT2D eigenvalue weighted by molar-refractivity contribution is 6.36. The number of aliphatic hydroxyl groups excluding tert-OH is 1. The molecule has 0 saturated heterocycles. The molecule has 3 aromatic carbocycles. The summed E-state index contributed by atoms with van der Waals surface area (Å²) >= 11 is 6.83. The number of aliphatic hydroxyl groups is 1. The second-order valence-corrected chi connectivity index (χ2v) is 9.08. The maximum atomic E-state index is 11.3. The predicted octanol–water partition coefficient (Wildman–Crippen LogP) is 4.66. The molecule has 4 aromatic rings. The molecular formula is C27H25ClN4O5. The summed E-state index contributed by atoms with van der Waals surface area (Å²) < 4.78 is 13.1. The Morgan fingerprint density at radius 2 is 1.95 bits per heavy atom. The first-order valence-electron chi connectivity index (χ1n) is 11.7. The third-order valence-corrected chi connectivity index (χ3v) is 6.48.